The average molecular weight is 424 g/mol. The number of carbonyl (C=O) groups is 2. The quantitative estimate of drug-likeness (QED) is 0.681. The lowest BCUT2D eigenvalue weighted by atomic mass is 9.90. The molecule has 5 rings (SSSR count). The molecule has 1 atom stereocenters. The van der Waals surface area contributed by atoms with Crippen molar-refractivity contribution in [3.63, 3.8) is 0 Å². The number of carboxylic acid groups (broad SMARTS) is 1. The van der Waals surface area contributed by atoms with Crippen molar-refractivity contribution in [3.8, 4) is 5.75 Å². The van der Waals surface area contributed by atoms with Crippen molar-refractivity contribution in [1.82, 2.24) is 9.78 Å². The molecule has 3 heterocycles. The molecule has 152 valence electrons. The summed E-state index contributed by atoms with van der Waals surface area (Å²) in [5.74, 6) is -0.881. The molecule has 2 aliphatic rings. The molecular weight excluding hydrogens is 406 g/mol. The van der Waals surface area contributed by atoms with Gasteiger partial charge in [0.25, 0.3) is 5.91 Å². The minimum Gasteiger partial charge on any atom is -0.478 e. The Bertz CT molecular complexity index is 1200. The summed E-state index contributed by atoms with van der Waals surface area (Å²) < 4.78 is 8.00. The number of ether oxygens (including phenoxy) is 1. The Balaban J connectivity index is 1.62. The summed E-state index contributed by atoms with van der Waals surface area (Å²) in [4.78, 5) is 26.7. The molecular formula is C22H18ClN3O4. The summed E-state index contributed by atoms with van der Waals surface area (Å²) in [5, 5.41) is 14.2. The molecule has 3 aromatic rings. The number of aryl methyl sites for hydroxylation is 1. The highest BCUT2D eigenvalue weighted by atomic mass is 35.5. The van der Waals surface area contributed by atoms with Crippen molar-refractivity contribution in [2.24, 2.45) is 0 Å². The second-order valence-electron chi connectivity index (χ2n) is 7.50. The summed E-state index contributed by atoms with van der Waals surface area (Å²) in [5.41, 5.74) is 1.64. The van der Waals surface area contributed by atoms with Gasteiger partial charge in [0.05, 0.1) is 23.1 Å². The number of halogens is 1. The molecule has 0 aliphatic carbocycles. The summed E-state index contributed by atoms with van der Waals surface area (Å²) in [7, 11) is 0. The third-order valence-corrected chi connectivity index (χ3v) is 5.79. The molecule has 0 fully saturated rings. The van der Waals surface area contributed by atoms with Crippen LogP contribution >= 0.6 is 11.6 Å². The van der Waals surface area contributed by atoms with E-state index in [1.54, 1.807) is 40.0 Å². The zero-order valence-electron chi connectivity index (χ0n) is 16.1. The first kappa shape index (κ1) is 18.7. The number of hydrogen-bond donors (Lipinski definition) is 1. The van der Waals surface area contributed by atoms with Crippen LogP contribution in [0.25, 0.3) is 0 Å². The zero-order chi connectivity index (χ0) is 21.0. The van der Waals surface area contributed by atoms with Gasteiger partial charge in [0.15, 0.2) is 0 Å². The standard InChI is InChI=1S/C22H18ClN3O4/c1-2-7-25-12-16(11-24-25)26-18-9-15(23)5-6-17(18)22(21(26)29)10-14-4-3-13(20(27)28)8-19(14)30-22/h3-6,8-9,11-12H,2,7,10H2,1H3,(H,27,28). The number of aromatic carboxylic acids is 1. The van der Waals surface area contributed by atoms with Crippen LogP contribution < -0.4 is 9.64 Å². The fraction of sp³-hybridized carbons (Fsp3) is 0.227. The van der Waals surface area contributed by atoms with E-state index >= 15 is 0 Å². The van der Waals surface area contributed by atoms with Gasteiger partial charge in [-0.2, -0.15) is 5.10 Å². The van der Waals surface area contributed by atoms with Crippen LogP contribution in [0.15, 0.2) is 48.8 Å². The smallest absolute Gasteiger partial charge is 0.335 e. The Morgan fingerprint density at radius 2 is 2.13 bits per heavy atom. The van der Waals surface area contributed by atoms with Crippen LogP contribution in [0.4, 0.5) is 11.4 Å². The van der Waals surface area contributed by atoms with Crippen LogP contribution in [0.1, 0.15) is 34.8 Å². The maximum atomic E-state index is 13.8. The minimum absolute atomic E-state index is 0.116. The van der Waals surface area contributed by atoms with E-state index in [1.165, 1.54) is 12.1 Å². The van der Waals surface area contributed by atoms with Gasteiger partial charge in [-0.05, 0) is 36.2 Å². The molecule has 1 aromatic heterocycles. The van der Waals surface area contributed by atoms with Crippen LogP contribution in [0.2, 0.25) is 5.02 Å². The van der Waals surface area contributed by atoms with Gasteiger partial charge in [0.1, 0.15) is 5.75 Å². The van der Waals surface area contributed by atoms with E-state index in [0.717, 1.165) is 18.5 Å². The molecule has 1 amide bonds. The Kier molecular flexibility index (Phi) is 4.11. The van der Waals surface area contributed by atoms with Crippen molar-refractivity contribution in [1.29, 1.82) is 0 Å². The summed E-state index contributed by atoms with van der Waals surface area (Å²) in [6.45, 7) is 2.80. The first-order valence-electron chi connectivity index (χ1n) is 9.65. The highest BCUT2D eigenvalue weighted by Gasteiger charge is 2.57. The highest BCUT2D eigenvalue weighted by molar-refractivity contribution is 6.31. The van der Waals surface area contributed by atoms with E-state index in [2.05, 4.69) is 12.0 Å². The number of carbonyl (C=O) groups excluding carboxylic acids is 1. The number of hydrogen-bond acceptors (Lipinski definition) is 4. The molecule has 0 saturated carbocycles. The number of rotatable bonds is 4. The van der Waals surface area contributed by atoms with Gasteiger partial charge in [-0.1, -0.05) is 30.7 Å². The van der Waals surface area contributed by atoms with Gasteiger partial charge in [-0.3, -0.25) is 14.4 Å². The van der Waals surface area contributed by atoms with Crippen molar-refractivity contribution < 1.29 is 19.4 Å². The van der Waals surface area contributed by atoms with Crippen molar-refractivity contribution >= 4 is 34.9 Å². The molecule has 8 heteroatoms. The molecule has 1 spiro atoms. The van der Waals surface area contributed by atoms with E-state index in [-0.39, 0.29) is 11.5 Å². The number of fused-ring (bicyclic) bond motifs is 3. The normalized spacial score (nSPS) is 19.1. The molecule has 0 bridgehead atoms. The van der Waals surface area contributed by atoms with Crippen molar-refractivity contribution in [2.45, 2.75) is 31.9 Å². The highest BCUT2D eigenvalue weighted by Crippen LogP contribution is 2.52. The Hall–Kier alpha value is -3.32. The second kappa shape index (κ2) is 6.60. The number of aromatic nitrogens is 2. The van der Waals surface area contributed by atoms with Gasteiger partial charge in [0.2, 0.25) is 5.60 Å². The lowest BCUT2D eigenvalue weighted by Gasteiger charge is -2.23. The van der Waals surface area contributed by atoms with Gasteiger partial charge >= 0.3 is 5.97 Å². The first-order chi connectivity index (χ1) is 14.4. The number of benzene rings is 2. The monoisotopic (exact) mass is 423 g/mol. The molecule has 30 heavy (non-hydrogen) atoms. The lowest BCUT2D eigenvalue weighted by Crippen LogP contribution is -2.42. The van der Waals surface area contributed by atoms with Crippen LogP contribution in [0.3, 0.4) is 0 Å². The minimum atomic E-state index is -1.26. The largest absolute Gasteiger partial charge is 0.478 e. The summed E-state index contributed by atoms with van der Waals surface area (Å²) in [6.07, 6.45) is 4.72. The second-order valence-corrected chi connectivity index (χ2v) is 7.93. The SMILES string of the molecule is CCCn1cc(N2C(=O)C3(Cc4ccc(C(=O)O)cc4O3)c3ccc(Cl)cc32)cn1. The third kappa shape index (κ3) is 2.62. The first-order valence-corrected chi connectivity index (χ1v) is 10.0. The maximum Gasteiger partial charge on any atom is 0.335 e. The van der Waals surface area contributed by atoms with Gasteiger partial charge in [-0.25, -0.2) is 4.79 Å². The van der Waals surface area contributed by atoms with Gasteiger partial charge in [-0.15, -0.1) is 0 Å². The van der Waals surface area contributed by atoms with Crippen molar-refractivity contribution in [3.05, 3.63) is 70.5 Å². The van der Waals surface area contributed by atoms with E-state index in [4.69, 9.17) is 16.3 Å². The fourth-order valence-corrected chi connectivity index (χ4v) is 4.37. The van der Waals surface area contributed by atoms with Crippen LogP contribution in [0, 0.1) is 0 Å². The predicted octanol–water partition coefficient (Wildman–Crippen LogP) is 4.15. The summed E-state index contributed by atoms with van der Waals surface area (Å²) >= 11 is 6.25. The fourth-order valence-electron chi connectivity index (χ4n) is 4.20. The van der Waals surface area contributed by atoms with E-state index in [0.29, 0.717) is 34.1 Å². The molecule has 2 aliphatic heterocycles. The third-order valence-electron chi connectivity index (χ3n) is 5.55. The van der Waals surface area contributed by atoms with Crippen LogP contribution in [0.5, 0.6) is 5.75 Å². The molecule has 0 saturated heterocycles. The number of amides is 1. The van der Waals surface area contributed by atoms with Crippen molar-refractivity contribution in [2.75, 3.05) is 4.90 Å². The van der Waals surface area contributed by atoms with E-state index < -0.39 is 11.6 Å². The average Bonchev–Trinajstić information content (AvgIpc) is 3.38. The summed E-state index contributed by atoms with van der Waals surface area (Å²) in [6, 6.07) is 9.98. The Labute approximate surface area is 177 Å². The van der Waals surface area contributed by atoms with Gasteiger partial charge < -0.3 is 9.84 Å². The Morgan fingerprint density at radius 1 is 1.30 bits per heavy atom. The topological polar surface area (TPSA) is 84.7 Å². The van der Waals surface area contributed by atoms with E-state index in [9.17, 15) is 14.7 Å². The van der Waals surface area contributed by atoms with Gasteiger partial charge in [0, 0.05) is 29.7 Å². The molecule has 2 aromatic carbocycles. The molecule has 1 N–H and O–H groups in total. The lowest BCUT2D eigenvalue weighted by molar-refractivity contribution is -0.131. The number of anilines is 2. The van der Waals surface area contributed by atoms with E-state index in [1.807, 2.05) is 6.20 Å². The van der Waals surface area contributed by atoms with Crippen LogP contribution in [-0.2, 0) is 23.4 Å². The zero-order valence-corrected chi connectivity index (χ0v) is 16.9. The number of nitrogens with zero attached hydrogens (tertiary/aromatic N) is 3. The molecule has 0 radical (unpaired) electrons. The Morgan fingerprint density at radius 3 is 2.90 bits per heavy atom. The maximum absolute atomic E-state index is 13.8. The number of carboxylic acids is 1. The molecule has 1 unspecified atom stereocenters. The van der Waals surface area contributed by atoms with Crippen LogP contribution in [-0.4, -0.2) is 26.8 Å². The molecule has 7 nitrogen and oxygen atoms in total. The predicted molar refractivity (Wildman–Crippen MR) is 111 cm³/mol.